The zero-order valence-electron chi connectivity index (χ0n) is 33.2. The van der Waals surface area contributed by atoms with E-state index in [2.05, 4.69) is 242 Å². The fourth-order valence-electron chi connectivity index (χ4n) is 9.40. The molecule has 0 bridgehead atoms. The van der Waals surface area contributed by atoms with Gasteiger partial charge in [0.2, 0.25) is 0 Å². The number of aromatic nitrogens is 1. The first-order valence-corrected chi connectivity index (χ1v) is 20.5. The highest BCUT2D eigenvalue weighted by molar-refractivity contribution is 6.10. The van der Waals surface area contributed by atoms with Crippen molar-refractivity contribution in [1.82, 2.24) is 4.57 Å². The van der Waals surface area contributed by atoms with Gasteiger partial charge in [0, 0.05) is 38.9 Å². The van der Waals surface area contributed by atoms with Crippen LogP contribution in [-0.4, -0.2) is 4.57 Å². The minimum Gasteiger partial charge on any atom is -0.310 e. The summed E-state index contributed by atoms with van der Waals surface area (Å²) in [4.78, 5) is 2.42. The summed E-state index contributed by atoms with van der Waals surface area (Å²) in [5.74, 6) is 0. The molecule has 0 spiro atoms. The van der Waals surface area contributed by atoms with Crippen molar-refractivity contribution >= 4 is 38.9 Å². The molecule has 11 rings (SSSR count). The Morgan fingerprint density at radius 1 is 0.339 bits per heavy atom. The predicted octanol–water partition coefficient (Wildman–Crippen LogP) is 15.6. The molecule has 280 valence electrons. The highest BCUT2D eigenvalue weighted by Gasteiger charge is 2.35. The van der Waals surface area contributed by atoms with Crippen LogP contribution in [-0.2, 0) is 5.41 Å². The largest absolute Gasteiger partial charge is 0.310 e. The van der Waals surface area contributed by atoms with Gasteiger partial charge in [-0.05, 0) is 116 Å². The molecular formula is C57H42N2. The van der Waals surface area contributed by atoms with E-state index in [1.54, 1.807) is 0 Å². The standard InChI is InChI=1S/C57H42N2/c1-57(2)53-22-11-9-20-49(53)50-35-33-48(38-54(50)57)58(45-29-24-41(25-30-45)39-14-5-3-6-15-39)47-19-13-18-43(36-47)44-28-34-52-51-21-10-12-23-55(51)59(56(52)37-44)46-31-26-42(27-32-46)40-16-7-4-8-17-40/h3-38H,1-2H3. The number of hydrogen-bond acceptors (Lipinski definition) is 1. The third-order valence-electron chi connectivity index (χ3n) is 12.4. The molecule has 59 heavy (non-hydrogen) atoms. The van der Waals surface area contributed by atoms with E-state index < -0.39 is 0 Å². The van der Waals surface area contributed by atoms with Crippen LogP contribution in [0.15, 0.2) is 218 Å². The van der Waals surface area contributed by atoms with Gasteiger partial charge in [0.05, 0.1) is 11.0 Å². The lowest BCUT2D eigenvalue weighted by Crippen LogP contribution is -2.16. The number of hydrogen-bond donors (Lipinski definition) is 0. The van der Waals surface area contributed by atoms with Crippen LogP contribution in [0.4, 0.5) is 17.1 Å². The maximum Gasteiger partial charge on any atom is 0.0547 e. The first-order valence-electron chi connectivity index (χ1n) is 20.5. The summed E-state index contributed by atoms with van der Waals surface area (Å²) in [6.07, 6.45) is 0. The molecule has 1 aromatic heterocycles. The lowest BCUT2D eigenvalue weighted by Gasteiger charge is -2.28. The monoisotopic (exact) mass is 754 g/mol. The normalized spacial score (nSPS) is 12.7. The molecule has 0 saturated heterocycles. The summed E-state index contributed by atoms with van der Waals surface area (Å²) < 4.78 is 2.41. The molecule has 0 aliphatic heterocycles. The van der Waals surface area contributed by atoms with Crippen molar-refractivity contribution in [2.75, 3.05) is 4.90 Å². The molecule has 2 nitrogen and oxygen atoms in total. The Morgan fingerprint density at radius 2 is 0.864 bits per heavy atom. The number of benzene rings is 9. The van der Waals surface area contributed by atoms with Gasteiger partial charge in [-0.1, -0.05) is 172 Å². The molecule has 0 fully saturated rings. The number of fused-ring (bicyclic) bond motifs is 6. The SMILES string of the molecule is CC1(C)c2ccccc2-c2ccc(N(c3ccc(-c4ccccc4)cc3)c3cccc(-c4ccc5c6ccccc6n(-c6ccc(-c7ccccc7)cc6)c5c4)c3)cc21. The number of para-hydroxylation sites is 1. The van der Waals surface area contributed by atoms with Crippen LogP contribution in [0.2, 0.25) is 0 Å². The minimum absolute atomic E-state index is 0.109. The molecule has 2 heteroatoms. The average molecular weight is 755 g/mol. The van der Waals surface area contributed by atoms with Crippen molar-refractivity contribution in [3.8, 4) is 50.2 Å². The Balaban J connectivity index is 1.04. The van der Waals surface area contributed by atoms with Gasteiger partial charge in [0.1, 0.15) is 0 Å². The zero-order chi connectivity index (χ0) is 39.5. The quantitative estimate of drug-likeness (QED) is 0.157. The number of anilines is 3. The minimum atomic E-state index is -0.109. The van der Waals surface area contributed by atoms with Crippen LogP contribution in [0.1, 0.15) is 25.0 Å². The highest BCUT2D eigenvalue weighted by Crippen LogP contribution is 2.51. The molecule has 0 amide bonds. The summed E-state index contributed by atoms with van der Waals surface area (Å²) in [6, 6.07) is 79.8. The second kappa shape index (κ2) is 13.9. The number of nitrogens with zero attached hydrogens (tertiary/aromatic N) is 2. The molecule has 0 unspecified atom stereocenters. The molecule has 0 N–H and O–H groups in total. The average Bonchev–Trinajstić information content (AvgIpc) is 3.75. The van der Waals surface area contributed by atoms with Crippen LogP contribution in [0.5, 0.6) is 0 Å². The molecule has 1 aliphatic rings. The molecule has 0 atom stereocenters. The zero-order valence-corrected chi connectivity index (χ0v) is 33.2. The Hall–Kier alpha value is -7.42. The fraction of sp³-hybridized carbons (Fsp3) is 0.0526. The molecule has 9 aromatic carbocycles. The van der Waals surface area contributed by atoms with Gasteiger partial charge in [-0.2, -0.15) is 0 Å². The van der Waals surface area contributed by atoms with E-state index in [9.17, 15) is 0 Å². The van der Waals surface area contributed by atoms with Gasteiger partial charge in [0.15, 0.2) is 0 Å². The molecule has 10 aromatic rings. The molecular weight excluding hydrogens is 713 g/mol. The maximum atomic E-state index is 2.42. The third kappa shape index (κ3) is 5.87. The Labute approximate surface area is 345 Å². The van der Waals surface area contributed by atoms with Crippen molar-refractivity contribution in [2.45, 2.75) is 19.3 Å². The van der Waals surface area contributed by atoms with Crippen molar-refractivity contribution in [3.05, 3.63) is 230 Å². The number of rotatable bonds is 7. The van der Waals surface area contributed by atoms with Crippen LogP contribution in [0.25, 0.3) is 72.0 Å². The summed E-state index contributed by atoms with van der Waals surface area (Å²) >= 11 is 0. The molecule has 1 heterocycles. The van der Waals surface area contributed by atoms with Crippen LogP contribution in [0, 0.1) is 0 Å². The summed E-state index contributed by atoms with van der Waals surface area (Å²) in [7, 11) is 0. The Kier molecular flexibility index (Phi) is 8.20. The van der Waals surface area contributed by atoms with E-state index in [-0.39, 0.29) is 5.41 Å². The van der Waals surface area contributed by atoms with E-state index in [4.69, 9.17) is 0 Å². The first kappa shape index (κ1) is 34.8. The Morgan fingerprint density at radius 3 is 1.61 bits per heavy atom. The molecule has 0 saturated carbocycles. The van der Waals surface area contributed by atoms with Crippen molar-refractivity contribution in [3.63, 3.8) is 0 Å². The first-order chi connectivity index (χ1) is 29.0. The van der Waals surface area contributed by atoms with Crippen LogP contribution in [0.3, 0.4) is 0 Å². The second-order valence-corrected chi connectivity index (χ2v) is 16.2. The van der Waals surface area contributed by atoms with E-state index in [0.29, 0.717) is 0 Å². The van der Waals surface area contributed by atoms with E-state index in [1.165, 1.54) is 77.4 Å². The topological polar surface area (TPSA) is 8.17 Å². The van der Waals surface area contributed by atoms with Gasteiger partial charge >= 0.3 is 0 Å². The fourth-order valence-corrected chi connectivity index (χ4v) is 9.40. The van der Waals surface area contributed by atoms with Crippen molar-refractivity contribution in [1.29, 1.82) is 0 Å². The summed E-state index contributed by atoms with van der Waals surface area (Å²) in [5.41, 5.74) is 19.4. The van der Waals surface area contributed by atoms with Crippen molar-refractivity contribution < 1.29 is 0 Å². The Bertz CT molecular complexity index is 3150. The predicted molar refractivity (Wildman–Crippen MR) is 249 cm³/mol. The smallest absolute Gasteiger partial charge is 0.0547 e. The van der Waals surface area contributed by atoms with E-state index >= 15 is 0 Å². The van der Waals surface area contributed by atoms with Gasteiger partial charge in [-0.15, -0.1) is 0 Å². The highest BCUT2D eigenvalue weighted by atomic mass is 15.1. The summed E-state index contributed by atoms with van der Waals surface area (Å²) in [6.45, 7) is 4.71. The second-order valence-electron chi connectivity index (χ2n) is 16.2. The lowest BCUT2D eigenvalue weighted by molar-refractivity contribution is 0.660. The molecule has 0 radical (unpaired) electrons. The third-order valence-corrected chi connectivity index (χ3v) is 12.4. The van der Waals surface area contributed by atoms with Gasteiger partial charge in [0.25, 0.3) is 0 Å². The van der Waals surface area contributed by atoms with Gasteiger partial charge < -0.3 is 9.47 Å². The van der Waals surface area contributed by atoms with Crippen molar-refractivity contribution in [2.24, 2.45) is 0 Å². The van der Waals surface area contributed by atoms with E-state index in [0.717, 1.165) is 22.7 Å². The van der Waals surface area contributed by atoms with Gasteiger partial charge in [-0.3, -0.25) is 0 Å². The summed E-state index contributed by atoms with van der Waals surface area (Å²) in [5, 5.41) is 2.50. The van der Waals surface area contributed by atoms with E-state index in [1.807, 2.05) is 0 Å². The van der Waals surface area contributed by atoms with Crippen LogP contribution < -0.4 is 4.90 Å². The van der Waals surface area contributed by atoms with Crippen LogP contribution >= 0.6 is 0 Å². The van der Waals surface area contributed by atoms with Gasteiger partial charge in [-0.25, -0.2) is 0 Å². The maximum absolute atomic E-state index is 2.42. The molecule has 1 aliphatic carbocycles. The lowest BCUT2D eigenvalue weighted by atomic mass is 9.82.